The highest BCUT2D eigenvalue weighted by Gasteiger charge is 2.46. The van der Waals surface area contributed by atoms with Crippen LogP contribution in [0, 0.1) is 5.92 Å². The average molecular weight is 307 g/mol. The third kappa shape index (κ3) is 5.85. The molecule has 2 atom stereocenters. The van der Waals surface area contributed by atoms with Crippen LogP contribution in [0.3, 0.4) is 0 Å². The van der Waals surface area contributed by atoms with Gasteiger partial charge in [-0.2, -0.15) is 0 Å². The number of hydrogen-bond acceptors (Lipinski definition) is 4. The minimum atomic E-state index is -2.91. The van der Waals surface area contributed by atoms with Crippen molar-refractivity contribution in [1.29, 1.82) is 0 Å². The number of carbonyl (C=O) groups is 2. The van der Waals surface area contributed by atoms with Gasteiger partial charge < -0.3 is 14.8 Å². The third-order valence-electron chi connectivity index (χ3n) is 3.12. The Kier molecular flexibility index (Phi) is 5.53. The van der Waals surface area contributed by atoms with E-state index in [0.29, 0.717) is 0 Å². The van der Waals surface area contributed by atoms with E-state index in [1.807, 2.05) is 0 Å². The topological polar surface area (TPSA) is 64.6 Å². The van der Waals surface area contributed by atoms with E-state index in [1.165, 1.54) is 0 Å². The number of esters is 1. The molecule has 1 fully saturated rings. The van der Waals surface area contributed by atoms with Crippen LogP contribution in [-0.4, -0.2) is 36.2 Å². The van der Waals surface area contributed by atoms with Crippen molar-refractivity contribution in [3.05, 3.63) is 0 Å². The van der Waals surface area contributed by atoms with E-state index in [-0.39, 0.29) is 19.4 Å². The number of ether oxygens (including phenoxy) is 2. The van der Waals surface area contributed by atoms with E-state index in [9.17, 15) is 18.4 Å². The highest BCUT2D eigenvalue weighted by atomic mass is 19.3. The molecule has 0 bridgehead atoms. The van der Waals surface area contributed by atoms with Gasteiger partial charge in [-0.25, -0.2) is 13.6 Å². The molecule has 1 aliphatic carbocycles. The summed E-state index contributed by atoms with van der Waals surface area (Å²) in [6.07, 6.45) is -1.70. The van der Waals surface area contributed by atoms with E-state index in [2.05, 4.69) is 5.32 Å². The van der Waals surface area contributed by atoms with Crippen molar-refractivity contribution in [2.24, 2.45) is 5.92 Å². The summed E-state index contributed by atoms with van der Waals surface area (Å²) in [4.78, 5) is 23.6. The second-order valence-electron chi connectivity index (χ2n) is 6.21. The van der Waals surface area contributed by atoms with Crippen molar-refractivity contribution in [2.75, 3.05) is 6.61 Å². The maximum atomic E-state index is 13.5. The standard InChI is InChI=1S/C14H23F2NO4/c1-5-20-11(18)9-8-14(15,16)7-6-10(9)17-12(19)21-13(2,3)4/h9-10H,5-8H2,1-4H3,(H,17,19)/t9-,10-/m1/s1. The number of nitrogens with one attached hydrogen (secondary N) is 1. The SMILES string of the molecule is CCOC(=O)[C@@H]1CC(F)(F)CC[C@H]1NC(=O)OC(C)(C)C. The summed E-state index contributed by atoms with van der Waals surface area (Å²) in [5.74, 6) is -4.68. The Morgan fingerprint density at radius 2 is 1.95 bits per heavy atom. The lowest BCUT2D eigenvalue weighted by molar-refractivity contribution is -0.156. The Hall–Kier alpha value is -1.40. The summed E-state index contributed by atoms with van der Waals surface area (Å²) >= 11 is 0. The summed E-state index contributed by atoms with van der Waals surface area (Å²) in [5, 5.41) is 2.51. The smallest absolute Gasteiger partial charge is 0.407 e. The first-order valence-corrected chi connectivity index (χ1v) is 7.08. The molecule has 1 N–H and O–H groups in total. The highest BCUT2D eigenvalue weighted by Crippen LogP contribution is 2.37. The van der Waals surface area contributed by atoms with E-state index in [4.69, 9.17) is 9.47 Å². The molecule has 1 aliphatic rings. The quantitative estimate of drug-likeness (QED) is 0.814. The largest absolute Gasteiger partial charge is 0.466 e. The van der Waals surface area contributed by atoms with Crippen LogP contribution in [0.1, 0.15) is 47.0 Å². The van der Waals surface area contributed by atoms with Crippen LogP contribution in [0.4, 0.5) is 13.6 Å². The Bertz CT molecular complexity index is 393. The molecule has 0 aromatic heterocycles. The molecular formula is C14H23F2NO4. The molecule has 0 aliphatic heterocycles. The second kappa shape index (κ2) is 6.58. The molecule has 0 unspecified atom stereocenters. The number of carbonyl (C=O) groups excluding carboxylic acids is 2. The fourth-order valence-corrected chi connectivity index (χ4v) is 2.26. The fourth-order valence-electron chi connectivity index (χ4n) is 2.26. The van der Waals surface area contributed by atoms with Gasteiger partial charge in [-0.05, 0) is 34.1 Å². The van der Waals surface area contributed by atoms with E-state index in [1.54, 1.807) is 27.7 Å². The predicted molar refractivity (Wildman–Crippen MR) is 72.1 cm³/mol. The lowest BCUT2D eigenvalue weighted by atomic mass is 9.82. The number of alkyl carbamates (subject to hydrolysis) is 1. The van der Waals surface area contributed by atoms with Gasteiger partial charge in [0.2, 0.25) is 5.92 Å². The third-order valence-corrected chi connectivity index (χ3v) is 3.12. The zero-order valence-electron chi connectivity index (χ0n) is 12.9. The van der Waals surface area contributed by atoms with Gasteiger partial charge in [-0.3, -0.25) is 4.79 Å². The summed E-state index contributed by atoms with van der Waals surface area (Å²) in [7, 11) is 0. The second-order valence-corrected chi connectivity index (χ2v) is 6.21. The van der Waals surface area contributed by atoms with Crippen molar-refractivity contribution in [3.8, 4) is 0 Å². The molecule has 0 heterocycles. The molecule has 0 spiro atoms. The van der Waals surface area contributed by atoms with Crippen LogP contribution in [0.2, 0.25) is 0 Å². The van der Waals surface area contributed by atoms with Gasteiger partial charge >= 0.3 is 12.1 Å². The van der Waals surface area contributed by atoms with E-state index < -0.39 is 42.0 Å². The van der Waals surface area contributed by atoms with Crippen LogP contribution >= 0.6 is 0 Å². The minimum Gasteiger partial charge on any atom is -0.466 e. The molecule has 21 heavy (non-hydrogen) atoms. The maximum absolute atomic E-state index is 13.5. The molecule has 122 valence electrons. The van der Waals surface area contributed by atoms with Crippen molar-refractivity contribution in [3.63, 3.8) is 0 Å². The van der Waals surface area contributed by atoms with Gasteiger partial charge in [0.15, 0.2) is 0 Å². The van der Waals surface area contributed by atoms with E-state index >= 15 is 0 Å². The fraction of sp³-hybridized carbons (Fsp3) is 0.857. The number of halogens is 2. The number of rotatable bonds is 3. The highest BCUT2D eigenvalue weighted by molar-refractivity contribution is 5.75. The van der Waals surface area contributed by atoms with Crippen LogP contribution < -0.4 is 5.32 Å². The van der Waals surface area contributed by atoms with Crippen LogP contribution in [0.5, 0.6) is 0 Å². The zero-order valence-corrected chi connectivity index (χ0v) is 12.9. The van der Waals surface area contributed by atoms with E-state index in [0.717, 1.165) is 0 Å². The molecule has 0 saturated heterocycles. The van der Waals surface area contributed by atoms with Gasteiger partial charge in [0.05, 0.1) is 12.5 Å². The summed E-state index contributed by atoms with van der Waals surface area (Å²) < 4.78 is 36.9. The monoisotopic (exact) mass is 307 g/mol. The first-order valence-electron chi connectivity index (χ1n) is 7.08. The molecular weight excluding hydrogens is 284 g/mol. The lowest BCUT2D eigenvalue weighted by Crippen LogP contribution is -2.50. The van der Waals surface area contributed by atoms with Crippen molar-refractivity contribution in [1.82, 2.24) is 5.32 Å². The maximum Gasteiger partial charge on any atom is 0.407 e. The zero-order chi connectivity index (χ0) is 16.3. The number of hydrogen-bond donors (Lipinski definition) is 1. The summed E-state index contributed by atoms with van der Waals surface area (Å²) in [6.45, 7) is 6.81. The molecule has 0 radical (unpaired) electrons. The first kappa shape index (κ1) is 17.7. The minimum absolute atomic E-state index is 0.00965. The molecule has 0 aromatic carbocycles. The summed E-state index contributed by atoms with van der Waals surface area (Å²) in [6, 6.07) is -0.696. The van der Waals surface area contributed by atoms with Crippen LogP contribution in [-0.2, 0) is 14.3 Å². The van der Waals surface area contributed by atoms with Gasteiger partial charge in [-0.15, -0.1) is 0 Å². The normalized spacial score (nSPS) is 25.0. The van der Waals surface area contributed by atoms with Gasteiger partial charge in [0, 0.05) is 18.9 Å². The van der Waals surface area contributed by atoms with Crippen LogP contribution in [0.25, 0.3) is 0 Å². The number of amides is 1. The Morgan fingerprint density at radius 1 is 1.33 bits per heavy atom. The van der Waals surface area contributed by atoms with Crippen molar-refractivity contribution in [2.45, 2.75) is 64.5 Å². The first-order chi connectivity index (χ1) is 9.54. The molecule has 5 nitrogen and oxygen atoms in total. The lowest BCUT2D eigenvalue weighted by Gasteiger charge is -2.35. The molecule has 0 aromatic rings. The number of alkyl halides is 2. The van der Waals surface area contributed by atoms with Crippen LogP contribution in [0.15, 0.2) is 0 Å². The Morgan fingerprint density at radius 3 is 2.48 bits per heavy atom. The van der Waals surface area contributed by atoms with Gasteiger partial charge in [0.25, 0.3) is 0 Å². The van der Waals surface area contributed by atoms with Gasteiger partial charge in [-0.1, -0.05) is 0 Å². The Balaban J connectivity index is 2.73. The molecule has 1 saturated carbocycles. The average Bonchev–Trinajstić information content (AvgIpc) is 2.29. The predicted octanol–water partition coefficient (Wildman–Crippen LogP) is 2.88. The summed E-state index contributed by atoms with van der Waals surface area (Å²) in [5.41, 5.74) is -0.692. The van der Waals surface area contributed by atoms with Crippen molar-refractivity contribution >= 4 is 12.1 Å². The molecule has 1 rings (SSSR count). The van der Waals surface area contributed by atoms with Crippen molar-refractivity contribution < 1.29 is 27.8 Å². The molecule has 1 amide bonds. The molecule has 7 heteroatoms. The van der Waals surface area contributed by atoms with Gasteiger partial charge in [0.1, 0.15) is 5.60 Å². The Labute approximate surface area is 123 Å².